The number of hydrogen-bond donors (Lipinski definition) is 0. The monoisotopic (exact) mass is 288 g/mol. The molecule has 0 aliphatic carbocycles. The molecule has 0 N–H and O–H groups in total. The molecule has 2 rings (SSSR count). The van der Waals surface area contributed by atoms with Gasteiger partial charge in [-0.1, -0.05) is 58.4 Å². The van der Waals surface area contributed by atoms with Crippen LogP contribution in [-0.2, 0) is 6.61 Å². The number of rotatable bonds is 4. The predicted molar refractivity (Wildman–Crippen MR) is 75.2 cm³/mol. The Morgan fingerprint density at radius 2 is 1.82 bits per heavy atom. The molecule has 1 nitrogen and oxygen atoms in total. The van der Waals surface area contributed by atoms with Crippen LogP contribution < -0.4 is 4.74 Å². The lowest BCUT2D eigenvalue weighted by atomic mass is 10.2. The zero-order chi connectivity index (χ0) is 11.9. The largest absolute Gasteiger partial charge is 0.489 e. The standard InChI is InChI=1S/C15H13BrO/c16-10-9-13-7-4-8-15(11-13)17-12-14-5-2-1-3-6-14/h1-11H,12H2. The Kier molecular flexibility index (Phi) is 4.39. The first-order valence-corrected chi connectivity index (χ1v) is 6.33. The molecule has 17 heavy (non-hydrogen) atoms. The van der Waals surface area contributed by atoms with Gasteiger partial charge >= 0.3 is 0 Å². The van der Waals surface area contributed by atoms with Crippen molar-refractivity contribution in [2.24, 2.45) is 0 Å². The Labute approximate surface area is 110 Å². The molecule has 2 aromatic rings. The fourth-order valence-electron chi connectivity index (χ4n) is 1.52. The van der Waals surface area contributed by atoms with Gasteiger partial charge in [0.15, 0.2) is 0 Å². The van der Waals surface area contributed by atoms with Crippen LogP contribution in [-0.4, -0.2) is 0 Å². The SMILES string of the molecule is BrC=Cc1cccc(OCc2ccccc2)c1. The maximum atomic E-state index is 5.73. The third-order valence-electron chi connectivity index (χ3n) is 2.36. The van der Waals surface area contributed by atoms with E-state index in [2.05, 4.69) is 28.1 Å². The van der Waals surface area contributed by atoms with Crippen LogP contribution in [0.4, 0.5) is 0 Å². The molecule has 0 bridgehead atoms. The molecule has 0 saturated heterocycles. The van der Waals surface area contributed by atoms with E-state index < -0.39 is 0 Å². The third-order valence-corrected chi connectivity index (χ3v) is 2.63. The van der Waals surface area contributed by atoms with Gasteiger partial charge in [0.25, 0.3) is 0 Å². The Balaban J connectivity index is 2.02. The highest BCUT2D eigenvalue weighted by Crippen LogP contribution is 2.16. The van der Waals surface area contributed by atoms with Crippen molar-refractivity contribution in [3.8, 4) is 5.75 Å². The van der Waals surface area contributed by atoms with Crippen LogP contribution >= 0.6 is 15.9 Å². The summed E-state index contributed by atoms with van der Waals surface area (Å²) in [7, 11) is 0. The fourth-order valence-corrected chi connectivity index (χ4v) is 1.83. The minimum atomic E-state index is 0.600. The molecule has 0 aliphatic heterocycles. The van der Waals surface area contributed by atoms with Gasteiger partial charge in [-0.2, -0.15) is 0 Å². The van der Waals surface area contributed by atoms with Crippen LogP contribution in [0.1, 0.15) is 11.1 Å². The summed E-state index contributed by atoms with van der Waals surface area (Å²) < 4.78 is 5.73. The highest BCUT2D eigenvalue weighted by atomic mass is 79.9. The summed E-state index contributed by atoms with van der Waals surface area (Å²) in [6, 6.07) is 18.2. The second-order valence-corrected chi connectivity index (χ2v) is 4.17. The summed E-state index contributed by atoms with van der Waals surface area (Å²) in [5.41, 5.74) is 2.29. The summed E-state index contributed by atoms with van der Waals surface area (Å²) in [6.07, 6.45) is 1.98. The second kappa shape index (κ2) is 6.26. The van der Waals surface area contributed by atoms with Gasteiger partial charge in [-0.05, 0) is 34.3 Å². The maximum absolute atomic E-state index is 5.73. The summed E-state index contributed by atoms with van der Waals surface area (Å²) in [6.45, 7) is 0.600. The molecule has 86 valence electrons. The number of hydrogen-bond acceptors (Lipinski definition) is 1. The van der Waals surface area contributed by atoms with Crippen LogP contribution in [0.5, 0.6) is 5.75 Å². The number of halogens is 1. The van der Waals surface area contributed by atoms with Crippen molar-refractivity contribution in [2.75, 3.05) is 0 Å². The first kappa shape index (κ1) is 11.9. The van der Waals surface area contributed by atoms with Gasteiger partial charge in [0, 0.05) is 0 Å². The second-order valence-electron chi connectivity index (χ2n) is 3.64. The quantitative estimate of drug-likeness (QED) is 0.797. The molecule has 0 unspecified atom stereocenters. The molecule has 0 heterocycles. The van der Waals surface area contributed by atoms with Crippen molar-refractivity contribution < 1.29 is 4.74 Å². The zero-order valence-electron chi connectivity index (χ0n) is 9.34. The molecule has 0 fully saturated rings. The molecule has 0 saturated carbocycles. The van der Waals surface area contributed by atoms with Crippen molar-refractivity contribution in [3.05, 3.63) is 70.7 Å². The van der Waals surface area contributed by atoms with Gasteiger partial charge in [-0.25, -0.2) is 0 Å². The Morgan fingerprint density at radius 3 is 2.59 bits per heavy atom. The molecular weight excluding hydrogens is 276 g/mol. The third kappa shape index (κ3) is 3.75. The molecule has 0 radical (unpaired) electrons. The average molecular weight is 289 g/mol. The zero-order valence-corrected chi connectivity index (χ0v) is 10.9. The molecule has 0 aliphatic rings. The Hall–Kier alpha value is -1.54. The van der Waals surface area contributed by atoms with Gasteiger partial charge < -0.3 is 4.74 Å². The number of benzene rings is 2. The maximum Gasteiger partial charge on any atom is 0.120 e. The van der Waals surface area contributed by atoms with E-state index in [-0.39, 0.29) is 0 Å². The summed E-state index contributed by atoms with van der Waals surface area (Å²) >= 11 is 3.26. The van der Waals surface area contributed by atoms with E-state index in [0.29, 0.717) is 6.61 Å². The van der Waals surface area contributed by atoms with Crippen LogP contribution in [0.25, 0.3) is 6.08 Å². The predicted octanol–water partition coefficient (Wildman–Crippen LogP) is 4.63. The van der Waals surface area contributed by atoms with Crippen LogP contribution in [0.3, 0.4) is 0 Å². The van der Waals surface area contributed by atoms with E-state index in [1.54, 1.807) is 0 Å². The van der Waals surface area contributed by atoms with Crippen LogP contribution in [0.15, 0.2) is 59.6 Å². The van der Waals surface area contributed by atoms with E-state index in [0.717, 1.165) is 11.3 Å². The van der Waals surface area contributed by atoms with Gasteiger partial charge in [0.2, 0.25) is 0 Å². The lowest BCUT2D eigenvalue weighted by Crippen LogP contribution is -1.94. The first-order valence-electron chi connectivity index (χ1n) is 5.42. The minimum absolute atomic E-state index is 0.600. The normalized spacial score (nSPS) is 10.6. The van der Waals surface area contributed by atoms with E-state index in [1.165, 1.54) is 5.56 Å². The van der Waals surface area contributed by atoms with Crippen LogP contribution in [0.2, 0.25) is 0 Å². The van der Waals surface area contributed by atoms with Gasteiger partial charge in [-0.15, -0.1) is 0 Å². The topological polar surface area (TPSA) is 9.23 Å². The lowest BCUT2D eigenvalue weighted by molar-refractivity contribution is 0.306. The van der Waals surface area contributed by atoms with E-state index in [4.69, 9.17) is 4.74 Å². The molecular formula is C15H13BrO. The molecule has 0 amide bonds. The average Bonchev–Trinajstić information content (AvgIpc) is 2.39. The lowest BCUT2D eigenvalue weighted by Gasteiger charge is -2.06. The van der Waals surface area contributed by atoms with Gasteiger partial charge in [0.05, 0.1) is 0 Å². The van der Waals surface area contributed by atoms with Gasteiger partial charge in [0.1, 0.15) is 12.4 Å². The van der Waals surface area contributed by atoms with E-state index >= 15 is 0 Å². The highest BCUT2D eigenvalue weighted by molar-refractivity contribution is 9.11. The molecule has 0 spiro atoms. The van der Waals surface area contributed by atoms with Crippen molar-refractivity contribution >= 4 is 22.0 Å². The van der Waals surface area contributed by atoms with E-state index in [1.807, 2.05) is 53.5 Å². The fraction of sp³-hybridized carbons (Fsp3) is 0.0667. The van der Waals surface area contributed by atoms with Crippen molar-refractivity contribution in [3.63, 3.8) is 0 Å². The molecule has 2 heteroatoms. The van der Waals surface area contributed by atoms with E-state index in [9.17, 15) is 0 Å². The first-order chi connectivity index (χ1) is 8.38. The summed E-state index contributed by atoms with van der Waals surface area (Å²) in [5, 5.41) is 0. The summed E-state index contributed by atoms with van der Waals surface area (Å²) in [5.74, 6) is 0.886. The molecule has 0 aromatic heterocycles. The highest BCUT2D eigenvalue weighted by Gasteiger charge is 1.96. The van der Waals surface area contributed by atoms with Gasteiger partial charge in [-0.3, -0.25) is 0 Å². The Bertz CT molecular complexity index is 491. The van der Waals surface area contributed by atoms with Crippen molar-refractivity contribution in [1.82, 2.24) is 0 Å². The summed E-state index contributed by atoms with van der Waals surface area (Å²) in [4.78, 5) is 1.84. The van der Waals surface area contributed by atoms with Crippen molar-refractivity contribution in [1.29, 1.82) is 0 Å². The smallest absolute Gasteiger partial charge is 0.120 e. The molecule has 0 atom stereocenters. The minimum Gasteiger partial charge on any atom is -0.489 e. The number of ether oxygens (including phenoxy) is 1. The Morgan fingerprint density at radius 1 is 1.00 bits per heavy atom. The van der Waals surface area contributed by atoms with Crippen LogP contribution in [0, 0.1) is 0 Å². The van der Waals surface area contributed by atoms with Crippen molar-refractivity contribution in [2.45, 2.75) is 6.61 Å². The molecule has 2 aromatic carbocycles.